The standard InChI is InChI=1S/C16H26F2N2/c1-4-9-19-15(8-10-20(3)12-16(17)18)14-7-5-6-13(2)11-14/h5-7,11,15-16,19H,4,8-10,12H2,1-3H3. The fourth-order valence-electron chi connectivity index (χ4n) is 2.27. The van der Waals surface area contributed by atoms with Crippen LogP contribution in [0.25, 0.3) is 0 Å². The van der Waals surface area contributed by atoms with Crippen LogP contribution in [0.5, 0.6) is 0 Å². The summed E-state index contributed by atoms with van der Waals surface area (Å²) in [6.45, 7) is 5.65. The monoisotopic (exact) mass is 284 g/mol. The van der Waals surface area contributed by atoms with Crippen LogP contribution in [0, 0.1) is 6.92 Å². The van der Waals surface area contributed by atoms with Gasteiger partial charge in [0.25, 0.3) is 6.43 Å². The van der Waals surface area contributed by atoms with Crippen molar-refractivity contribution in [2.45, 2.75) is 39.2 Å². The summed E-state index contributed by atoms with van der Waals surface area (Å²) in [5.41, 5.74) is 2.47. The van der Waals surface area contributed by atoms with E-state index >= 15 is 0 Å². The van der Waals surface area contributed by atoms with Crippen LogP contribution in [0.1, 0.15) is 36.9 Å². The number of halogens is 2. The Morgan fingerprint density at radius 2 is 2.05 bits per heavy atom. The highest BCUT2D eigenvalue weighted by Crippen LogP contribution is 2.18. The van der Waals surface area contributed by atoms with Gasteiger partial charge in [0.1, 0.15) is 0 Å². The Balaban J connectivity index is 2.60. The van der Waals surface area contributed by atoms with Crippen LogP contribution in [0.15, 0.2) is 24.3 Å². The summed E-state index contributed by atoms with van der Waals surface area (Å²) in [4.78, 5) is 1.70. The number of alkyl halides is 2. The Bertz CT molecular complexity index is 382. The highest BCUT2D eigenvalue weighted by Gasteiger charge is 2.13. The lowest BCUT2D eigenvalue weighted by Crippen LogP contribution is -2.30. The van der Waals surface area contributed by atoms with Crippen molar-refractivity contribution in [2.75, 3.05) is 26.7 Å². The molecule has 1 atom stereocenters. The summed E-state index contributed by atoms with van der Waals surface area (Å²) in [6.07, 6.45) is -0.358. The topological polar surface area (TPSA) is 15.3 Å². The predicted molar refractivity (Wildman–Crippen MR) is 80.3 cm³/mol. The number of benzene rings is 1. The molecule has 1 aromatic carbocycles. The third kappa shape index (κ3) is 6.44. The third-order valence-corrected chi connectivity index (χ3v) is 3.33. The molecule has 0 spiro atoms. The molecule has 0 saturated heterocycles. The minimum absolute atomic E-state index is 0.158. The van der Waals surface area contributed by atoms with Crippen LogP contribution >= 0.6 is 0 Å². The number of hydrogen-bond acceptors (Lipinski definition) is 2. The van der Waals surface area contributed by atoms with E-state index in [4.69, 9.17) is 0 Å². The van der Waals surface area contributed by atoms with Crippen LogP contribution in [0.2, 0.25) is 0 Å². The van der Waals surface area contributed by atoms with Gasteiger partial charge >= 0.3 is 0 Å². The minimum atomic E-state index is -2.26. The molecule has 114 valence electrons. The maximum absolute atomic E-state index is 12.3. The maximum atomic E-state index is 12.3. The first-order valence-corrected chi connectivity index (χ1v) is 7.29. The fourth-order valence-corrected chi connectivity index (χ4v) is 2.27. The summed E-state index contributed by atoms with van der Waals surface area (Å²) in [5.74, 6) is 0. The maximum Gasteiger partial charge on any atom is 0.251 e. The van der Waals surface area contributed by atoms with Gasteiger partial charge in [0, 0.05) is 6.04 Å². The van der Waals surface area contributed by atoms with E-state index in [1.807, 2.05) is 6.07 Å². The van der Waals surface area contributed by atoms with Crippen molar-refractivity contribution >= 4 is 0 Å². The first-order chi connectivity index (χ1) is 9.52. The first-order valence-electron chi connectivity index (χ1n) is 7.29. The van der Waals surface area contributed by atoms with Gasteiger partial charge in [-0.1, -0.05) is 36.8 Å². The average Bonchev–Trinajstić information content (AvgIpc) is 2.38. The second kappa shape index (κ2) is 9.03. The molecule has 20 heavy (non-hydrogen) atoms. The van der Waals surface area contributed by atoms with Gasteiger partial charge in [0.2, 0.25) is 0 Å². The van der Waals surface area contributed by atoms with E-state index in [2.05, 4.69) is 37.4 Å². The van der Waals surface area contributed by atoms with E-state index in [1.54, 1.807) is 11.9 Å². The predicted octanol–water partition coefficient (Wildman–Crippen LogP) is 3.62. The van der Waals surface area contributed by atoms with Crippen LogP contribution in [0.3, 0.4) is 0 Å². The van der Waals surface area contributed by atoms with Gasteiger partial charge in [0.15, 0.2) is 0 Å². The van der Waals surface area contributed by atoms with Gasteiger partial charge in [0.05, 0.1) is 6.54 Å². The van der Waals surface area contributed by atoms with Gasteiger partial charge in [-0.3, -0.25) is 0 Å². The molecular formula is C16H26F2N2. The number of nitrogens with one attached hydrogen (secondary N) is 1. The Kier molecular flexibility index (Phi) is 7.70. The highest BCUT2D eigenvalue weighted by atomic mass is 19.3. The molecule has 0 heterocycles. The van der Waals surface area contributed by atoms with Crippen LogP contribution in [0.4, 0.5) is 8.78 Å². The molecule has 0 saturated carbocycles. The van der Waals surface area contributed by atoms with Crippen molar-refractivity contribution in [3.05, 3.63) is 35.4 Å². The highest BCUT2D eigenvalue weighted by molar-refractivity contribution is 5.25. The van der Waals surface area contributed by atoms with Crippen molar-refractivity contribution in [3.8, 4) is 0 Å². The molecule has 1 unspecified atom stereocenters. The molecule has 0 aromatic heterocycles. The molecule has 0 aliphatic rings. The van der Waals surface area contributed by atoms with Gasteiger partial charge in [-0.05, 0) is 45.5 Å². The summed E-state index contributed by atoms with van der Waals surface area (Å²) >= 11 is 0. The molecule has 0 bridgehead atoms. The second-order valence-electron chi connectivity index (χ2n) is 5.36. The normalized spacial score (nSPS) is 13.2. The van der Waals surface area contributed by atoms with Gasteiger partial charge in [-0.15, -0.1) is 0 Å². The molecule has 0 fully saturated rings. The smallest absolute Gasteiger partial charge is 0.251 e. The van der Waals surface area contributed by atoms with E-state index in [9.17, 15) is 8.78 Å². The van der Waals surface area contributed by atoms with Gasteiger partial charge in [-0.2, -0.15) is 0 Å². The number of hydrogen-bond donors (Lipinski definition) is 1. The van der Waals surface area contributed by atoms with Crippen molar-refractivity contribution in [1.29, 1.82) is 0 Å². The van der Waals surface area contributed by atoms with Gasteiger partial charge in [-0.25, -0.2) is 8.78 Å². The zero-order valence-electron chi connectivity index (χ0n) is 12.7. The molecule has 1 rings (SSSR count). The Hall–Kier alpha value is -1.00. The summed E-state index contributed by atoms with van der Waals surface area (Å²) in [6, 6.07) is 8.63. The number of rotatable bonds is 9. The molecular weight excluding hydrogens is 258 g/mol. The molecule has 0 aliphatic carbocycles. The molecule has 0 aliphatic heterocycles. The van der Waals surface area contributed by atoms with Crippen molar-refractivity contribution < 1.29 is 8.78 Å². The van der Waals surface area contributed by atoms with Crippen LogP contribution < -0.4 is 5.32 Å². The zero-order chi connectivity index (χ0) is 15.0. The fraction of sp³-hybridized carbons (Fsp3) is 0.625. The minimum Gasteiger partial charge on any atom is -0.310 e. The first kappa shape index (κ1) is 17.1. The number of nitrogens with zero attached hydrogens (tertiary/aromatic N) is 1. The van der Waals surface area contributed by atoms with Crippen molar-refractivity contribution in [2.24, 2.45) is 0 Å². The molecule has 0 amide bonds. The number of aryl methyl sites for hydroxylation is 1. The van der Waals surface area contributed by atoms with Gasteiger partial charge < -0.3 is 10.2 Å². The summed E-state index contributed by atoms with van der Waals surface area (Å²) in [5, 5.41) is 3.51. The van der Waals surface area contributed by atoms with E-state index in [1.165, 1.54) is 11.1 Å². The molecule has 4 heteroatoms. The third-order valence-electron chi connectivity index (χ3n) is 3.33. The summed E-state index contributed by atoms with van der Waals surface area (Å²) in [7, 11) is 1.75. The molecule has 1 aromatic rings. The van der Waals surface area contributed by atoms with E-state index in [0.29, 0.717) is 6.54 Å². The zero-order valence-corrected chi connectivity index (χ0v) is 12.7. The van der Waals surface area contributed by atoms with E-state index in [0.717, 1.165) is 19.4 Å². The quantitative estimate of drug-likeness (QED) is 0.745. The van der Waals surface area contributed by atoms with E-state index in [-0.39, 0.29) is 12.6 Å². The lowest BCUT2D eigenvalue weighted by atomic mass is 10.0. The van der Waals surface area contributed by atoms with Crippen molar-refractivity contribution in [3.63, 3.8) is 0 Å². The lowest BCUT2D eigenvalue weighted by Gasteiger charge is -2.23. The SMILES string of the molecule is CCCNC(CCN(C)CC(F)F)c1cccc(C)c1. The molecule has 2 nitrogen and oxygen atoms in total. The second-order valence-corrected chi connectivity index (χ2v) is 5.36. The summed E-state index contributed by atoms with van der Waals surface area (Å²) < 4.78 is 24.7. The molecule has 0 radical (unpaired) electrons. The van der Waals surface area contributed by atoms with Crippen molar-refractivity contribution in [1.82, 2.24) is 10.2 Å². The lowest BCUT2D eigenvalue weighted by molar-refractivity contribution is 0.0984. The van der Waals surface area contributed by atoms with Crippen LogP contribution in [-0.2, 0) is 0 Å². The van der Waals surface area contributed by atoms with Crippen LogP contribution in [-0.4, -0.2) is 38.0 Å². The Morgan fingerprint density at radius 3 is 2.65 bits per heavy atom. The Labute approximate surface area is 121 Å². The van der Waals surface area contributed by atoms with E-state index < -0.39 is 6.43 Å². The Morgan fingerprint density at radius 1 is 1.30 bits per heavy atom. The average molecular weight is 284 g/mol. The largest absolute Gasteiger partial charge is 0.310 e. The molecule has 1 N–H and O–H groups in total.